The van der Waals surface area contributed by atoms with Gasteiger partial charge in [-0.05, 0) is 28.8 Å². The molecule has 1 saturated carbocycles. The number of carbonyl (C=O) groups excluding carboxylic acids is 1. The average molecular weight is 226 g/mol. The maximum absolute atomic E-state index is 11.2. The summed E-state index contributed by atoms with van der Waals surface area (Å²) in [6.45, 7) is 0.575. The van der Waals surface area contributed by atoms with Crippen molar-refractivity contribution in [1.29, 1.82) is 0 Å². The van der Waals surface area contributed by atoms with Gasteiger partial charge in [-0.25, -0.2) is 4.79 Å². The predicted octanol–water partition coefficient (Wildman–Crippen LogP) is 0.816. The molecule has 0 unspecified atom stereocenters. The zero-order valence-electron chi connectivity index (χ0n) is 8.30. The third-order valence-electron chi connectivity index (χ3n) is 2.17. The molecule has 0 aromatic carbocycles. The van der Waals surface area contributed by atoms with Gasteiger partial charge in [0.2, 0.25) is 0 Å². The molecule has 1 aliphatic rings. The summed E-state index contributed by atoms with van der Waals surface area (Å²) < 4.78 is 4.73. The molecule has 0 bridgehead atoms. The Labute approximate surface area is 90.1 Å². The smallest absolute Gasteiger partial charge is 0.387 e. The van der Waals surface area contributed by atoms with Gasteiger partial charge in [-0.3, -0.25) is 0 Å². The maximum atomic E-state index is 11.2. The summed E-state index contributed by atoms with van der Waals surface area (Å²) in [7, 11) is 0. The first-order valence-electron chi connectivity index (χ1n) is 4.80. The molecule has 8 nitrogen and oxygen atoms in total. The number of nitro groups is 1. The van der Waals surface area contributed by atoms with Crippen LogP contribution in [0, 0.1) is 16.0 Å². The van der Waals surface area contributed by atoms with E-state index in [2.05, 4.69) is 15.5 Å². The van der Waals surface area contributed by atoms with Gasteiger partial charge >= 0.3 is 11.9 Å². The topological polar surface area (TPSA) is 110 Å². The van der Waals surface area contributed by atoms with Crippen LogP contribution in [0.2, 0.25) is 0 Å². The highest BCUT2D eigenvalue weighted by molar-refractivity contribution is 5.69. The average Bonchev–Trinajstić information content (AvgIpc) is 2.95. The van der Waals surface area contributed by atoms with Crippen LogP contribution in [-0.4, -0.2) is 27.8 Å². The van der Waals surface area contributed by atoms with Gasteiger partial charge in [0.1, 0.15) is 6.07 Å². The molecular formula is C8H10N4O4. The number of amides is 1. The fourth-order valence-electron chi connectivity index (χ4n) is 1.12. The number of nitrogens with zero attached hydrogens (tertiary/aromatic N) is 2. The first-order chi connectivity index (χ1) is 7.65. The van der Waals surface area contributed by atoms with E-state index in [4.69, 9.17) is 4.74 Å². The Morgan fingerprint density at radius 2 is 2.50 bits per heavy atom. The second-order valence-corrected chi connectivity index (χ2v) is 3.56. The molecule has 2 N–H and O–H groups in total. The molecule has 0 atom stereocenters. The lowest BCUT2D eigenvalue weighted by Crippen LogP contribution is -2.28. The Bertz CT molecular complexity index is 412. The van der Waals surface area contributed by atoms with Crippen LogP contribution in [0.3, 0.4) is 0 Å². The van der Waals surface area contributed by atoms with Gasteiger partial charge in [0.05, 0.1) is 0 Å². The molecular weight excluding hydrogens is 216 g/mol. The van der Waals surface area contributed by atoms with E-state index in [1.54, 1.807) is 0 Å². The minimum Gasteiger partial charge on any atom is -0.387 e. The molecule has 16 heavy (non-hydrogen) atoms. The lowest BCUT2D eigenvalue weighted by Gasteiger charge is -2.01. The molecule has 86 valence electrons. The van der Waals surface area contributed by atoms with Crippen LogP contribution in [0.1, 0.15) is 12.8 Å². The number of nitrogens with one attached hydrogen (secondary N) is 2. The van der Waals surface area contributed by atoms with Crippen molar-refractivity contribution in [2.45, 2.75) is 12.8 Å². The van der Waals surface area contributed by atoms with Crippen molar-refractivity contribution in [1.82, 2.24) is 15.5 Å². The van der Waals surface area contributed by atoms with Crippen LogP contribution in [-0.2, 0) is 0 Å². The van der Waals surface area contributed by atoms with Gasteiger partial charge < -0.3 is 20.2 Å². The lowest BCUT2D eigenvalue weighted by molar-refractivity contribution is -0.389. The van der Waals surface area contributed by atoms with Crippen molar-refractivity contribution in [2.75, 3.05) is 6.54 Å². The predicted molar refractivity (Wildman–Crippen MR) is 52.0 cm³/mol. The number of ether oxygens (including phenoxy) is 1. The SMILES string of the molecule is O=C(NCC1CC1)Oc1cc([N+](=O)[O-])[nH]n1. The number of carbonyl (C=O) groups is 1. The largest absolute Gasteiger partial charge is 0.414 e. The number of rotatable bonds is 4. The van der Waals surface area contributed by atoms with Crippen molar-refractivity contribution < 1.29 is 14.5 Å². The number of hydrogen-bond donors (Lipinski definition) is 2. The van der Waals surface area contributed by atoms with Crippen molar-refractivity contribution in [3.63, 3.8) is 0 Å². The highest BCUT2D eigenvalue weighted by Gasteiger charge is 2.22. The van der Waals surface area contributed by atoms with Crippen LogP contribution in [0.5, 0.6) is 5.88 Å². The second kappa shape index (κ2) is 4.17. The fourth-order valence-corrected chi connectivity index (χ4v) is 1.12. The van der Waals surface area contributed by atoms with Gasteiger partial charge in [-0.1, -0.05) is 0 Å². The highest BCUT2D eigenvalue weighted by atomic mass is 16.6. The number of aromatic amines is 1. The summed E-state index contributed by atoms with van der Waals surface area (Å²) >= 11 is 0. The molecule has 1 heterocycles. The molecule has 0 spiro atoms. The first kappa shape index (κ1) is 10.4. The molecule has 0 aliphatic heterocycles. The fraction of sp³-hybridized carbons (Fsp3) is 0.500. The van der Waals surface area contributed by atoms with E-state index in [1.807, 2.05) is 0 Å². The number of aromatic nitrogens is 2. The number of H-pyrrole nitrogens is 1. The molecule has 8 heteroatoms. The van der Waals surface area contributed by atoms with E-state index in [0.717, 1.165) is 18.9 Å². The zero-order valence-corrected chi connectivity index (χ0v) is 8.30. The molecule has 0 saturated heterocycles. The van der Waals surface area contributed by atoms with E-state index in [0.29, 0.717) is 12.5 Å². The highest BCUT2D eigenvalue weighted by Crippen LogP contribution is 2.27. The van der Waals surface area contributed by atoms with Crippen molar-refractivity contribution in [2.24, 2.45) is 5.92 Å². The minimum absolute atomic E-state index is 0.111. The lowest BCUT2D eigenvalue weighted by atomic mass is 10.4. The van der Waals surface area contributed by atoms with Crippen LogP contribution in [0.15, 0.2) is 6.07 Å². The molecule has 1 amide bonds. The summed E-state index contributed by atoms with van der Waals surface area (Å²) in [6, 6.07) is 1.05. The van der Waals surface area contributed by atoms with E-state index in [-0.39, 0.29) is 11.7 Å². The summed E-state index contributed by atoms with van der Waals surface area (Å²) in [4.78, 5) is 20.8. The third-order valence-corrected chi connectivity index (χ3v) is 2.17. The molecule has 2 rings (SSSR count). The van der Waals surface area contributed by atoms with Crippen LogP contribution in [0.4, 0.5) is 10.6 Å². The van der Waals surface area contributed by atoms with Gasteiger partial charge in [-0.2, -0.15) is 0 Å². The summed E-state index contributed by atoms with van der Waals surface area (Å²) in [5.74, 6) is 0.117. The van der Waals surface area contributed by atoms with E-state index in [9.17, 15) is 14.9 Å². The monoisotopic (exact) mass is 226 g/mol. The molecule has 0 radical (unpaired) electrons. The van der Waals surface area contributed by atoms with E-state index >= 15 is 0 Å². The van der Waals surface area contributed by atoms with E-state index < -0.39 is 11.0 Å². The van der Waals surface area contributed by atoms with Crippen LogP contribution in [0.25, 0.3) is 0 Å². The molecule has 1 aromatic rings. The standard InChI is InChI=1S/C8H10N4O4/c13-8(9-4-5-1-2-5)16-7-3-6(10-11-7)12(14)15/h3,5H,1-2,4H2,(H,9,13)(H,10,11). The second-order valence-electron chi connectivity index (χ2n) is 3.56. The summed E-state index contributed by atoms with van der Waals surface area (Å²) in [5, 5.41) is 18.5. The van der Waals surface area contributed by atoms with Crippen molar-refractivity contribution >= 4 is 11.9 Å². The quantitative estimate of drug-likeness (QED) is 0.583. The van der Waals surface area contributed by atoms with Crippen molar-refractivity contribution in [3.8, 4) is 5.88 Å². The minimum atomic E-state index is -0.651. The molecule has 1 fully saturated rings. The molecule has 1 aliphatic carbocycles. The number of hydrogen-bond acceptors (Lipinski definition) is 5. The normalized spacial score (nSPS) is 14.5. The Hall–Kier alpha value is -2.12. The van der Waals surface area contributed by atoms with Gasteiger partial charge in [0, 0.05) is 6.54 Å². The van der Waals surface area contributed by atoms with E-state index in [1.165, 1.54) is 0 Å². The Morgan fingerprint density at radius 3 is 3.06 bits per heavy atom. The Morgan fingerprint density at radius 1 is 1.75 bits per heavy atom. The first-order valence-corrected chi connectivity index (χ1v) is 4.80. The van der Waals surface area contributed by atoms with Gasteiger partial charge in [0.25, 0.3) is 5.88 Å². The van der Waals surface area contributed by atoms with Gasteiger partial charge in [-0.15, -0.1) is 5.10 Å². The summed E-state index contributed by atoms with van der Waals surface area (Å²) in [6.07, 6.45) is 1.59. The summed E-state index contributed by atoms with van der Waals surface area (Å²) in [5.41, 5.74) is 0. The Balaban J connectivity index is 1.82. The zero-order chi connectivity index (χ0) is 11.5. The molecule has 1 aromatic heterocycles. The van der Waals surface area contributed by atoms with Gasteiger partial charge in [0.15, 0.2) is 0 Å². The Kier molecular flexibility index (Phi) is 2.71. The third kappa shape index (κ3) is 2.69. The van der Waals surface area contributed by atoms with Crippen LogP contribution < -0.4 is 10.1 Å². The van der Waals surface area contributed by atoms with Crippen molar-refractivity contribution in [3.05, 3.63) is 16.2 Å². The van der Waals surface area contributed by atoms with Crippen LogP contribution >= 0.6 is 0 Å². The maximum Gasteiger partial charge on any atom is 0.414 e.